The van der Waals surface area contributed by atoms with Crippen molar-refractivity contribution in [1.29, 1.82) is 0 Å². The number of likely N-dealkylation sites (tertiary alicyclic amines) is 1. The van der Waals surface area contributed by atoms with Crippen molar-refractivity contribution < 1.29 is 4.79 Å². The van der Waals surface area contributed by atoms with Crippen molar-refractivity contribution in [2.24, 2.45) is 0 Å². The van der Waals surface area contributed by atoms with Crippen molar-refractivity contribution in [2.75, 3.05) is 18.8 Å². The molecule has 20 heavy (non-hydrogen) atoms. The van der Waals surface area contributed by atoms with E-state index in [-0.39, 0.29) is 5.91 Å². The van der Waals surface area contributed by atoms with E-state index in [2.05, 4.69) is 17.1 Å². The van der Waals surface area contributed by atoms with Crippen molar-refractivity contribution in [3.8, 4) is 0 Å². The van der Waals surface area contributed by atoms with Crippen LogP contribution in [0.4, 0.5) is 5.69 Å². The van der Waals surface area contributed by atoms with E-state index in [0.29, 0.717) is 17.2 Å². The predicted octanol–water partition coefficient (Wildman–Crippen LogP) is 2.29. The number of benzene rings is 1. The number of pyridine rings is 1. The van der Waals surface area contributed by atoms with Crippen molar-refractivity contribution >= 4 is 11.6 Å². The number of nitrogen functional groups attached to an aromatic ring is 1. The van der Waals surface area contributed by atoms with Crippen LogP contribution in [0.15, 0.2) is 48.8 Å². The van der Waals surface area contributed by atoms with Crippen LogP contribution in [0.2, 0.25) is 0 Å². The summed E-state index contributed by atoms with van der Waals surface area (Å²) in [6.45, 7) is 1.53. The van der Waals surface area contributed by atoms with Crippen LogP contribution >= 0.6 is 0 Å². The van der Waals surface area contributed by atoms with Crippen LogP contribution in [-0.4, -0.2) is 28.9 Å². The van der Waals surface area contributed by atoms with E-state index < -0.39 is 0 Å². The maximum atomic E-state index is 12.5. The Bertz CT molecular complexity index is 612. The molecular formula is C16H17N3O. The molecule has 1 amide bonds. The standard InChI is InChI=1S/C16H17N3O/c17-15-10-18-8-6-14(15)16(20)19-9-7-13(11-19)12-4-2-1-3-5-12/h1-6,8,10,13H,7,9,11,17H2. The average molecular weight is 267 g/mol. The van der Waals surface area contributed by atoms with Crippen molar-refractivity contribution in [3.63, 3.8) is 0 Å². The van der Waals surface area contributed by atoms with Crippen molar-refractivity contribution in [1.82, 2.24) is 9.88 Å². The zero-order chi connectivity index (χ0) is 13.9. The number of rotatable bonds is 2. The summed E-state index contributed by atoms with van der Waals surface area (Å²) in [7, 11) is 0. The zero-order valence-electron chi connectivity index (χ0n) is 11.2. The molecule has 1 aliphatic rings. The van der Waals surface area contributed by atoms with Gasteiger partial charge in [0.05, 0.1) is 17.4 Å². The summed E-state index contributed by atoms with van der Waals surface area (Å²) < 4.78 is 0. The first-order chi connectivity index (χ1) is 9.75. The Kier molecular flexibility index (Phi) is 3.37. The van der Waals surface area contributed by atoms with E-state index >= 15 is 0 Å². The highest BCUT2D eigenvalue weighted by atomic mass is 16.2. The van der Waals surface area contributed by atoms with Gasteiger partial charge in [-0.3, -0.25) is 9.78 Å². The minimum absolute atomic E-state index is 0.00308. The molecule has 1 aliphatic heterocycles. The summed E-state index contributed by atoms with van der Waals surface area (Å²) in [5.41, 5.74) is 8.12. The Hall–Kier alpha value is -2.36. The molecule has 102 valence electrons. The van der Waals surface area contributed by atoms with Gasteiger partial charge in [-0.05, 0) is 18.1 Å². The Morgan fingerprint density at radius 3 is 2.80 bits per heavy atom. The second-order valence-corrected chi connectivity index (χ2v) is 5.11. The van der Waals surface area contributed by atoms with Crippen molar-refractivity contribution in [3.05, 3.63) is 59.9 Å². The van der Waals surface area contributed by atoms with Gasteiger partial charge < -0.3 is 10.6 Å². The summed E-state index contributed by atoms with van der Waals surface area (Å²) >= 11 is 0. The minimum Gasteiger partial charge on any atom is -0.397 e. The fraction of sp³-hybridized carbons (Fsp3) is 0.250. The number of carbonyl (C=O) groups excluding carboxylic acids is 1. The molecule has 1 fully saturated rings. The van der Waals surface area contributed by atoms with E-state index in [1.165, 1.54) is 11.8 Å². The van der Waals surface area contributed by atoms with E-state index in [0.717, 1.165) is 19.5 Å². The number of amides is 1. The molecule has 0 radical (unpaired) electrons. The SMILES string of the molecule is Nc1cnccc1C(=O)N1CCC(c2ccccc2)C1. The Morgan fingerprint density at radius 2 is 2.05 bits per heavy atom. The van der Waals surface area contributed by atoms with Crippen LogP contribution in [0, 0.1) is 0 Å². The number of hydrogen-bond acceptors (Lipinski definition) is 3. The van der Waals surface area contributed by atoms with Gasteiger partial charge in [-0.25, -0.2) is 0 Å². The van der Waals surface area contributed by atoms with Crippen LogP contribution in [-0.2, 0) is 0 Å². The Balaban J connectivity index is 1.75. The van der Waals surface area contributed by atoms with Gasteiger partial charge in [-0.15, -0.1) is 0 Å². The van der Waals surface area contributed by atoms with Gasteiger partial charge in [0, 0.05) is 25.2 Å². The lowest BCUT2D eigenvalue weighted by molar-refractivity contribution is 0.0791. The lowest BCUT2D eigenvalue weighted by Gasteiger charge is -2.17. The molecule has 0 bridgehead atoms. The highest BCUT2D eigenvalue weighted by Crippen LogP contribution is 2.28. The molecule has 1 aromatic heterocycles. The van der Waals surface area contributed by atoms with E-state index in [1.807, 2.05) is 23.1 Å². The molecule has 1 unspecified atom stereocenters. The van der Waals surface area contributed by atoms with Crippen LogP contribution in [0.5, 0.6) is 0 Å². The molecule has 2 heterocycles. The Morgan fingerprint density at radius 1 is 1.25 bits per heavy atom. The lowest BCUT2D eigenvalue weighted by Crippen LogP contribution is -2.29. The first kappa shape index (κ1) is 12.7. The van der Waals surface area contributed by atoms with Gasteiger partial charge in [0.2, 0.25) is 0 Å². The highest BCUT2D eigenvalue weighted by molar-refractivity contribution is 5.99. The molecule has 0 aliphatic carbocycles. The molecule has 3 rings (SSSR count). The molecule has 1 atom stereocenters. The third kappa shape index (κ3) is 2.37. The molecule has 0 saturated carbocycles. The number of hydrogen-bond donors (Lipinski definition) is 1. The lowest BCUT2D eigenvalue weighted by atomic mass is 9.99. The molecule has 0 spiro atoms. The maximum absolute atomic E-state index is 12.5. The summed E-state index contributed by atoms with van der Waals surface area (Å²) in [5.74, 6) is 0.423. The monoisotopic (exact) mass is 267 g/mol. The van der Waals surface area contributed by atoms with Gasteiger partial charge in [-0.1, -0.05) is 30.3 Å². The second kappa shape index (κ2) is 5.33. The topological polar surface area (TPSA) is 59.2 Å². The average Bonchev–Trinajstić information content (AvgIpc) is 2.98. The zero-order valence-corrected chi connectivity index (χ0v) is 11.2. The molecule has 2 N–H and O–H groups in total. The molecule has 2 aromatic rings. The minimum atomic E-state index is 0.00308. The van der Waals surface area contributed by atoms with Gasteiger partial charge in [0.15, 0.2) is 0 Å². The highest BCUT2D eigenvalue weighted by Gasteiger charge is 2.28. The molecule has 4 heteroatoms. The predicted molar refractivity (Wildman–Crippen MR) is 78.4 cm³/mol. The van der Waals surface area contributed by atoms with E-state index in [4.69, 9.17) is 5.73 Å². The molecular weight excluding hydrogens is 250 g/mol. The molecule has 1 saturated heterocycles. The number of aromatic nitrogens is 1. The first-order valence-electron chi connectivity index (χ1n) is 6.79. The quantitative estimate of drug-likeness (QED) is 0.908. The molecule has 4 nitrogen and oxygen atoms in total. The summed E-state index contributed by atoms with van der Waals surface area (Å²) in [6, 6.07) is 12.0. The maximum Gasteiger partial charge on any atom is 0.256 e. The van der Waals surface area contributed by atoms with Crippen LogP contribution in [0.3, 0.4) is 0 Å². The number of nitrogens with zero attached hydrogens (tertiary/aromatic N) is 2. The van der Waals surface area contributed by atoms with Gasteiger partial charge in [0.1, 0.15) is 0 Å². The second-order valence-electron chi connectivity index (χ2n) is 5.11. The van der Waals surface area contributed by atoms with Gasteiger partial charge >= 0.3 is 0 Å². The fourth-order valence-corrected chi connectivity index (χ4v) is 2.71. The Labute approximate surface area is 118 Å². The number of anilines is 1. The largest absolute Gasteiger partial charge is 0.397 e. The number of nitrogens with two attached hydrogens (primary N) is 1. The van der Waals surface area contributed by atoms with Crippen LogP contribution in [0.25, 0.3) is 0 Å². The van der Waals surface area contributed by atoms with E-state index in [1.54, 1.807) is 12.3 Å². The smallest absolute Gasteiger partial charge is 0.256 e. The van der Waals surface area contributed by atoms with Crippen molar-refractivity contribution in [2.45, 2.75) is 12.3 Å². The summed E-state index contributed by atoms with van der Waals surface area (Å²) in [4.78, 5) is 18.3. The van der Waals surface area contributed by atoms with Crippen LogP contribution in [0.1, 0.15) is 28.3 Å². The normalized spacial score (nSPS) is 18.2. The van der Waals surface area contributed by atoms with Gasteiger partial charge in [-0.2, -0.15) is 0 Å². The van der Waals surface area contributed by atoms with Gasteiger partial charge in [0.25, 0.3) is 5.91 Å². The summed E-state index contributed by atoms with van der Waals surface area (Å²) in [6.07, 6.45) is 4.13. The molecule has 1 aromatic carbocycles. The van der Waals surface area contributed by atoms with Crippen LogP contribution < -0.4 is 5.73 Å². The van der Waals surface area contributed by atoms with E-state index in [9.17, 15) is 4.79 Å². The summed E-state index contributed by atoms with van der Waals surface area (Å²) in [5, 5.41) is 0. The first-order valence-corrected chi connectivity index (χ1v) is 6.79. The number of carbonyl (C=O) groups is 1. The third-order valence-electron chi connectivity index (χ3n) is 3.83. The fourth-order valence-electron chi connectivity index (χ4n) is 2.71. The third-order valence-corrected chi connectivity index (χ3v) is 3.83.